The number of aliphatic hydroxyl groups is 1. The van der Waals surface area contributed by atoms with Crippen molar-refractivity contribution in [1.82, 2.24) is 19.9 Å². The van der Waals surface area contributed by atoms with Crippen LogP contribution in [-0.2, 0) is 9.47 Å². The number of piperidine rings is 1. The zero-order chi connectivity index (χ0) is 37.7. The number of nitrogen functional groups attached to an aromatic ring is 2. The van der Waals surface area contributed by atoms with Crippen molar-refractivity contribution < 1.29 is 14.6 Å². The summed E-state index contributed by atoms with van der Waals surface area (Å²) in [6.45, 7) is 11.5. The van der Waals surface area contributed by atoms with Gasteiger partial charge in [0.1, 0.15) is 11.6 Å². The predicted octanol–water partition coefficient (Wildman–Crippen LogP) is 7.09. The molecule has 0 spiro atoms. The fourth-order valence-electron chi connectivity index (χ4n) is 7.06. The minimum Gasteiger partial charge on any atom is -0.390 e. The lowest BCUT2D eigenvalue weighted by molar-refractivity contribution is 0.0351. The smallest absolute Gasteiger partial charge is 0.222 e. The molecule has 53 heavy (non-hydrogen) atoms. The molecule has 3 fully saturated rings. The number of rotatable bonds is 5. The number of aromatic nitrogens is 4. The summed E-state index contributed by atoms with van der Waals surface area (Å²) < 4.78 is 12.6. The van der Waals surface area contributed by atoms with Gasteiger partial charge in [-0.3, -0.25) is 0 Å². The second kappa shape index (κ2) is 17.3. The normalized spacial score (nSPS) is 20.6. The van der Waals surface area contributed by atoms with E-state index in [1.165, 1.54) is 0 Å². The first-order valence-electron chi connectivity index (χ1n) is 18.0. The molecule has 0 saturated carbocycles. The molecular formula is C38H48BrCl2N9O3. The van der Waals surface area contributed by atoms with Gasteiger partial charge < -0.3 is 40.7 Å². The van der Waals surface area contributed by atoms with E-state index in [4.69, 9.17) is 44.1 Å². The number of aryl methyl sites for hydroxylation is 2. The lowest BCUT2D eigenvalue weighted by Crippen LogP contribution is -2.42. The van der Waals surface area contributed by atoms with Gasteiger partial charge in [0.2, 0.25) is 11.9 Å². The quantitative estimate of drug-likeness (QED) is 0.188. The Morgan fingerprint density at radius 1 is 0.736 bits per heavy atom. The highest BCUT2D eigenvalue weighted by Gasteiger charge is 2.30. The summed E-state index contributed by atoms with van der Waals surface area (Å²) >= 11 is 16.7. The van der Waals surface area contributed by atoms with E-state index in [1.54, 1.807) is 0 Å². The maximum atomic E-state index is 10.2. The van der Waals surface area contributed by atoms with E-state index in [9.17, 15) is 5.11 Å². The Hall–Kier alpha value is -3.46. The molecule has 0 bridgehead atoms. The average Bonchev–Trinajstić information content (AvgIpc) is 3.49. The Labute approximate surface area is 329 Å². The van der Waals surface area contributed by atoms with Gasteiger partial charge >= 0.3 is 0 Å². The number of hydrogen-bond donors (Lipinski definition) is 3. The molecule has 2 atom stereocenters. The molecule has 15 heteroatoms. The number of ether oxygens (including phenoxy) is 2. The van der Waals surface area contributed by atoms with Crippen LogP contribution in [-0.4, -0.2) is 83.3 Å². The second-order valence-corrected chi connectivity index (χ2v) is 15.8. The van der Waals surface area contributed by atoms with Crippen molar-refractivity contribution in [3.8, 4) is 0 Å². The predicted molar refractivity (Wildman–Crippen MR) is 216 cm³/mol. The van der Waals surface area contributed by atoms with Crippen LogP contribution in [0.15, 0.2) is 53.0 Å². The molecule has 12 nitrogen and oxygen atoms in total. The standard InChI is InChI=1S/C22H30ClN5O2.C16H18BrClN4O/c1-15-12-20(26-21(24)25-15)28-8-3-11-30-14-19(28)17-5-4-16(13-18(17)23)27-9-6-22(2,29)7-10-27;1-10-7-15(21-16(19)20-10)22-5-2-6-23-9-14(22)12-4-3-11(17)8-13(12)18/h4-5,12-13,19,29H,3,6-11,14H2,1-2H3,(H2,24,25,26);3-4,7-8,14H,2,5-6,9H2,1H3,(H2,19,20,21)/t19-;14-/m11/s1. The molecule has 5 N–H and O–H groups in total. The van der Waals surface area contributed by atoms with Crippen LogP contribution in [0, 0.1) is 13.8 Å². The molecule has 4 aromatic rings. The lowest BCUT2D eigenvalue weighted by Gasteiger charge is -2.37. The summed E-state index contributed by atoms with van der Waals surface area (Å²) in [5.41, 5.74) is 16.0. The third-order valence-electron chi connectivity index (χ3n) is 9.85. The summed E-state index contributed by atoms with van der Waals surface area (Å²) in [6.07, 6.45) is 3.34. The van der Waals surface area contributed by atoms with Gasteiger partial charge in [-0.15, -0.1) is 0 Å². The molecule has 3 aliphatic heterocycles. The minimum atomic E-state index is -0.573. The topological polar surface area (TPSA) is 152 Å². The van der Waals surface area contributed by atoms with Crippen molar-refractivity contribution in [2.45, 2.75) is 64.1 Å². The fourth-order valence-corrected chi connectivity index (χ4v) is 8.16. The highest BCUT2D eigenvalue weighted by Crippen LogP contribution is 2.37. The SMILES string of the molecule is Cc1cc(N2CCCOC[C@@H]2c2ccc(Br)cc2Cl)nc(N)n1.Cc1cc(N2CCCOC[C@@H]2c2ccc(N3CCC(C)(O)CC3)cc2Cl)nc(N)n1. The first-order chi connectivity index (χ1) is 25.4. The fraction of sp³-hybridized carbons (Fsp3) is 0.474. The van der Waals surface area contributed by atoms with Crippen molar-refractivity contribution in [3.05, 3.63) is 85.6 Å². The van der Waals surface area contributed by atoms with Crippen molar-refractivity contribution >= 4 is 68.4 Å². The van der Waals surface area contributed by atoms with Crippen LogP contribution in [0.5, 0.6) is 0 Å². The lowest BCUT2D eigenvalue weighted by atomic mass is 9.93. The van der Waals surface area contributed by atoms with Crippen molar-refractivity contribution in [2.24, 2.45) is 0 Å². The van der Waals surface area contributed by atoms with E-state index in [0.29, 0.717) is 29.9 Å². The summed E-state index contributed by atoms with van der Waals surface area (Å²) in [4.78, 5) is 23.9. The van der Waals surface area contributed by atoms with Gasteiger partial charge in [0, 0.05) is 83.1 Å². The number of nitrogens with zero attached hydrogens (tertiary/aromatic N) is 7. The third-order valence-corrected chi connectivity index (χ3v) is 11.0. The van der Waals surface area contributed by atoms with E-state index in [2.05, 4.69) is 62.7 Å². The van der Waals surface area contributed by atoms with Crippen LogP contribution < -0.4 is 26.2 Å². The molecule has 0 amide bonds. The molecule has 0 aliphatic carbocycles. The Balaban J connectivity index is 0.000000188. The molecule has 3 aliphatic rings. The highest BCUT2D eigenvalue weighted by molar-refractivity contribution is 9.10. The Morgan fingerprint density at radius 3 is 1.70 bits per heavy atom. The van der Waals surface area contributed by atoms with Crippen molar-refractivity contribution in [1.29, 1.82) is 0 Å². The van der Waals surface area contributed by atoms with Crippen LogP contribution >= 0.6 is 39.1 Å². The average molecular weight is 830 g/mol. The van der Waals surface area contributed by atoms with Crippen molar-refractivity contribution in [3.63, 3.8) is 0 Å². The highest BCUT2D eigenvalue weighted by atomic mass is 79.9. The summed E-state index contributed by atoms with van der Waals surface area (Å²) in [5.74, 6) is 2.17. The molecule has 3 saturated heterocycles. The summed E-state index contributed by atoms with van der Waals surface area (Å²) in [6, 6.07) is 16.0. The van der Waals surface area contributed by atoms with Crippen LogP contribution in [0.1, 0.15) is 67.2 Å². The molecule has 284 valence electrons. The molecule has 2 aromatic heterocycles. The molecule has 0 radical (unpaired) electrons. The van der Waals surface area contributed by atoms with Gasteiger partial charge in [-0.1, -0.05) is 51.3 Å². The Morgan fingerprint density at radius 2 is 1.23 bits per heavy atom. The number of hydrogen-bond acceptors (Lipinski definition) is 12. The van der Waals surface area contributed by atoms with Crippen LogP contribution in [0.3, 0.4) is 0 Å². The Bertz CT molecular complexity index is 1840. The van der Waals surface area contributed by atoms with Crippen molar-refractivity contribution in [2.75, 3.05) is 78.8 Å². The molecule has 7 rings (SSSR count). The zero-order valence-electron chi connectivity index (χ0n) is 30.4. The first-order valence-corrected chi connectivity index (χ1v) is 19.5. The van der Waals surface area contributed by atoms with Gasteiger partial charge in [-0.05, 0) is 81.8 Å². The van der Waals surface area contributed by atoms with Crippen LogP contribution in [0.4, 0.5) is 29.2 Å². The molecular weight excluding hydrogens is 781 g/mol. The number of benzene rings is 2. The van der Waals surface area contributed by atoms with E-state index in [-0.39, 0.29) is 24.0 Å². The van der Waals surface area contributed by atoms with Crippen LogP contribution in [0.2, 0.25) is 10.0 Å². The van der Waals surface area contributed by atoms with Gasteiger partial charge in [0.25, 0.3) is 0 Å². The van der Waals surface area contributed by atoms with Gasteiger partial charge in [0.05, 0.1) is 30.9 Å². The maximum Gasteiger partial charge on any atom is 0.222 e. The first kappa shape index (κ1) is 39.2. The van der Waals surface area contributed by atoms with Gasteiger partial charge in [-0.2, -0.15) is 9.97 Å². The molecule has 5 heterocycles. The Kier molecular flexibility index (Phi) is 12.8. The van der Waals surface area contributed by atoms with Gasteiger partial charge in [-0.25, -0.2) is 9.97 Å². The second-order valence-electron chi connectivity index (χ2n) is 14.1. The minimum absolute atomic E-state index is 0.00759. The number of halogens is 3. The summed E-state index contributed by atoms with van der Waals surface area (Å²) in [7, 11) is 0. The van der Waals surface area contributed by atoms with Crippen LogP contribution in [0.25, 0.3) is 0 Å². The third kappa shape index (κ3) is 10.00. The maximum absolute atomic E-state index is 10.2. The van der Waals surface area contributed by atoms with E-state index in [1.807, 2.05) is 57.2 Å². The number of anilines is 5. The molecule has 2 aromatic carbocycles. The zero-order valence-corrected chi connectivity index (χ0v) is 33.5. The van der Waals surface area contributed by atoms with E-state index >= 15 is 0 Å². The molecule has 0 unspecified atom stereocenters. The summed E-state index contributed by atoms with van der Waals surface area (Å²) in [5, 5.41) is 11.6. The largest absolute Gasteiger partial charge is 0.390 e. The van der Waals surface area contributed by atoms with E-state index < -0.39 is 5.60 Å². The monoisotopic (exact) mass is 827 g/mol. The van der Waals surface area contributed by atoms with E-state index in [0.717, 1.165) is 103 Å². The number of nitrogens with two attached hydrogens (primary N) is 2. The van der Waals surface area contributed by atoms with Gasteiger partial charge in [0.15, 0.2) is 0 Å².